The average Bonchev–Trinajstić information content (AvgIpc) is 2.53. The molecular weight excluding hydrogens is 379 g/mol. The molecule has 1 aromatic rings. The lowest BCUT2D eigenvalue weighted by Gasteiger charge is -2.24. The second-order valence-corrected chi connectivity index (χ2v) is 5.11. The van der Waals surface area contributed by atoms with E-state index in [4.69, 9.17) is 4.74 Å². The fourth-order valence-corrected chi connectivity index (χ4v) is 2.46. The van der Waals surface area contributed by atoms with Gasteiger partial charge in [-0.3, -0.25) is 4.99 Å². The number of aliphatic imine (C=N–C) groups is 1. The van der Waals surface area contributed by atoms with Gasteiger partial charge in [0.05, 0.1) is 7.11 Å². The third kappa shape index (κ3) is 6.07. The van der Waals surface area contributed by atoms with Crippen molar-refractivity contribution in [1.29, 1.82) is 0 Å². The molecule has 0 bridgehead atoms. The van der Waals surface area contributed by atoms with Crippen LogP contribution in [0.5, 0.6) is 5.88 Å². The van der Waals surface area contributed by atoms with Gasteiger partial charge in [-0.2, -0.15) is 0 Å². The maximum atomic E-state index is 5.05. The lowest BCUT2D eigenvalue weighted by atomic mass is 9.96. The number of nitrogens with one attached hydrogen (secondary N) is 2. The molecule has 2 rings (SSSR count). The molecule has 1 aliphatic carbocycles. The van der Waals surface area contributed by atoms with Gasteiger partial charge in [0.2, 0.25) is 5.88 Å². The van der Waals surface area contributed by atoms with Crippen LogP contribution in [0, 0.1) is 0 Å². The third-order valence-electron chi connectivity index (χ3n) is 3.64. The van der Waals surface area contributed by atoms with Gasteiger partial charge >= 0.3 is 0 Å². The Labute approximate surface area is 144 Å². The molecule has 1 heterocycles. The van der Waals surface area contributed by atoms with Crippen molar-refractivity contribution in [2.24, 2.45) is 4.99 Å². The van der Waals surface area contributed by atoms with Crippen molar-refractivity contribution in [1.82, 2.24) is 15.6 Å². The highest BCUT2D eigenvalue weighted by Crippen LogP contribution is 2.17. The summed E-state index contributed by atoms with van der Waals surface area (Å²) in [5.74, 6) is 1.51. The molecule has 5 nitrogen and oxygen atoms in total. The van der Waals surface area contributed by atoms with E-state index in [1.54, 1.807) is 7.11 Å². The first kappa shape index (κ1) is 18.0. The van der Waals surface area contributed by atoms with E-state index in [1.807, 2.05) is 25.4 Å². The fraction of sp³-hybridized carbons (Fsp3) is 0.600. The minimum atomic E-state index is 0. The third-order valence-corrected chi connectivity index (χ3v) is 3.64. The molecule has 1 aromatic heterocycles. The van der Waals surface area contributed by atoms with Crippen molar-refractivity contribution in [3.63, 3.8) is 0 Å². The Hall–Kier alpha value is -1.05. The largest absolute Gasteiger partial charge is 0.481 e. The lowest BCUT2D eigenvalue weighted by Crippen LogP contribution is -2.43. The molecule has 0 saturated heterocycles. The minimum Gasteiger partial charge on any atom is -0.481 e. The zero-order valence-corrected chi connectivity index (χ0v) is 15.1. The van der Waals surface area contributed by atoms with Crippen LogP contribution in [0.3, 0.4) is 0 Å². The summed E-state index contributed by atoms with van der Waals surface area (Å²) in [6.07, 6.45) is 8.30. The number of hydrogen-bond acceptors (Lipinski definition) is 3. The second kappa shape index (κ2) is 9.81. The standard InChI is InChI=1S/C15H24N4O.HI/c1-16-15(19-13-6-4-3-5-7-13)18-11-12-8-9-14(20-2)17-10-12;/h8-10,13H,3-7,11H2,1-2H3,(H2,16,18,19);1H. The van der Waals surface area contributed by atoms with Crippen LogP contribution >= 0.6 is 24.0 Å². The van der Waals surface area contributed by atoms with Crippen molar-refractivity contribution in [3.8, 4) is 5.88 Å². The number of rotatable bonds is 4. The van der Waals surface area contributed by atoms with Crippen LogP contribution in [-0.2, 0) is 6.54 Å². The van der Waals surface area contributed by atoms with Crippen molar-refractivity contribution in [2.45, 2.75) is 44.7 Å². The number of nitrogens with zero attached hydrogens (tertiary/aromatic N) is 2. The Morgan fingerprint density at radius 2 is 2.10 bits per heavy atom. The highest BCUT2D eigenvalue weighted by molar-refractivity contribution is 14.0. The first-order valence-corrected chi connectivity index (χ1v) is 7.28. The second-order valence-electron chi connectivity index (χ2n) is 5.11. The van der Waals surface area contributed by atoms with Crippen LogP contribution in [0.15, 0.2) is 23.3 Å². The number of methoxy groups -OCH3 is 1. The summed E-state index contributed by atoms with van der Waals surface area (Å²) in [5.41, 5.74) is 1.11. The number of hydrogen-bond donors (Lipinski definition) is 2. The molecule has 1 saturated carbocycles. The predicted octanol–water partition coefficient (Wildman–Crippen LogP) is 2.71. The van der Waals surface area contributed by atoms with E-state index < -0.39 is 0 Å². The topological polar surface area (TPSA) is 58.5 Å². The molecule has 0 amide bonds. The Kier molecular flexibility index (Phi) is 8.41. The van der Waals surface area contributed by atoms with E-state index in [2.05, 4.69) is 20.6 Å². The molecule has 0 spiro atoms. The summed E-state index contributed by atoms with van der Waals surface area (Å²) in [4.78, 5) is 8.47. The number of guanidine groups is 1. The van der Waals surface area contributed by atoms with Gasteiger partial charge in [-0.05, 0) is 18.4 Å². The molecule has 1 aliphatic rings. The van der Waals surface area contributed by atoms with E-state index in [9.17, 15) is 0 Å². The van der Waals surface area contributed by atoms with Gasteiger partial charge in [0.1, 0.15) is 0 Å². The maximum absolute atomic E-state index is 5.05. The predicted molar refractivity (Wildman–Crippen MR) is 96.4 cm³/mol. The van der Waals surface area contributed by atoms with Crippen LogP contribution in [0.1, 0.15) is 37.7 Å². The van der Waals surface area contributed by atoms with E-state index in [1.165, 1.54) is 32.1 Å². The van der Waals surface area contributed by atoms with Crippen molar-refractivity contribution >= 4 is 29.9 Å². The highest BCUT2D eigenvalue weighted by Gasteiger charge is 2.14. The molecule has 6 heteroatoms. The van der Waals surface area contributed by atoms with Crippen molar-refractivity contribution < 1.29 is 4.74 Å². The van der Waals surface area contributed by atoms with Crippen LogP contribution in [-0.4, -0.2) is 31.1 Å². The summed E-state index contributed by atoms with van der Waals surface area (Å²) in [6.45, 7) is 0.712. The Bertz CT molecular complexity index is 430. The van der Waals surface area contributed by atoms with Crippen molar-refractivity contribution in [2.75, 3.05) is 14.2 Å². The summed E-state index contributed by atoms with van der Waals surface area (Å²) < 4.78 is 5.05. The minimum absolute atomic E-state index is 0. The average molecular weight is 404 g/mol. The summed E-state index contributed by atoms with van der Waals surface area (Å²) in [5, 5.41) is 6.82. The molecule has 2 N–H and O–H groups in total. The molecular formula is C15H25IN4O. The van der Waals surface area contributed by atoms with E-state index in [-0.39, 0.29) is 24.0 Å². The summed E-state index contributed by atoms with van der Waals surface area (Å²) in [6, 6.07) is 4.44. The van der Waals surface area contributed by atoms with Crippen LogP contribution in [0.4, 0.5) is 0 Å². The monoisotopic (exact) mass is 404 g/mol. The summed E-state index contributed by atoms with van der Waals surface area (Å²) in [7, 11) is 3.43. The van der Waals surface area contributed by atoms with Gasteiger partial charge in [0, 0.05) is 31.9 Å². The summed E-state index contributed by atoms with van der Waals surface area (Å²) >= 11 is 0. The first-order chi connectivity index (χ1) is 9.81. The van der Waals surface area contributed by atoms with E-state index in [0.29, 0.717) is 18.5 Å². The van der Waals surface area contributed by atoms with Gasteiger partial charge in [0.25, 0.3) is 0 Å². The number of aromatic nitrogens is 1. The Morgan fingerprint density at radius 1 is 1.33 bits per heavy atom. The SMILES string of the molecule is CN=C(NCc1ccc(OC)nc1)NC1CCCCC1.I. The van der Waals surface area contributed by atoms with Gasteiger partial charge < -0.3 is 15.4 Å². The quantitative estimate of drug-likeness (QED) is 0.460. The molecule has 0 atom stereocenters. The molecule has 1 fully saturated rings. The Morgan fingerprint density at radius 3 is 2.67 bits per heavy atom. The normalized spacial score (nSPS) is 16.0. The van der Waals surface area contributed by atoms with Crippen LogP contribution in [0.25, 0.3) is 0 Å². The molecule has 21 heavy (non-hydrogen) atoms. The molecule has 0 aromatic carbocycles. The number of pyridine rings is 1. The van der Waals surface area contributed by atoms with E-state index >= 15 is 0 Å². The Balaban J connectivity index is 0.00000220. The zero-order chi connectivity index (χ0) is 14.2. The molecule has 0 radical (unpaired) electrons. The highest BCUT2D eigenvalue weighted by atomic mass is 127. The van der Waals surface area contributed by atoms with Gasteiger partial charge in [-0.15, -0.1) is 24.0 Å². The molecule has 0 unspecified atom stereocenters. The zero-order valence-electron chi connectivity index (χ0n) is 12.8. The molecule has 0 aliphatic heterocycles. The van der Waals surface area contributed by atoms with Crippen LogP contribution < -0.4 is 15.4 Å². The lowest BCUT2D eigenvalue weighted by molar-refractivity contribution is 0.397. The maximum Gasteiger partial charge on any atom is 0.212 e. The smallest absolute Gasteiger partial charge is 0.212 e. The number of halogens is 1. The molecule has 118 valence electrons. The van der Waals surface area contributed by atoms with E-state index in [0.717, 1.165) is 11.5 Å². The van der Waals surface area contributed by atoms with Gasteiger partial charge in [-0.1, -0.05) is 25.3 Å². The fourth-order valence-electron chi connectivity index (χ4n) is 2.46. The first-order valence-electron chi connectivity index (χ1n) is 7.28. The van der Waals surface area contributed by atoms with Gasteiger partial charge in [-0.25, -0.2) is 4.98 Å². The van der Waals surface area contributed by atoms with Gasteiger partial charge in [0.15, 0.2) is 5.96 Å². The number of ether oxygens (including phenoxy) is 1. The van der Waals surface area contributed by atoms with Crippen LogP contribution in [0.2, 0.25) is 0 Å². The van der Waals surface area contributed by atoms with Crippen molar-refractivity contribution in [3.05, 3.63) is 23.9 Å².